The molecular weight excluding hydrogens is 271 g/mol. The van der Waals surface area contributed by atoms with E-state index in [2.05, 4.69) is 0 Å². The van der Waals surface area contributed by atoms with Gasteiger partial charge in [0.2, 0.25) is 0 Å². The van der Waals surface area contributed by atoms with Crippen LogP contribution in [0.25, 0.3) is 0 Å². The van der Waals surface area contributed by atoms with Gasteiger partial charge in [0, 0.05) is 0 Å². The molecule has 0 saturated heterocycles. The van der Waals surface area contributed by atoms with Crippen LogP contribution in [0.2, 0.25) is 0 Å². The highest BCUT2D eigenvalue weighted by molar-refractivity contribution is 5.49. The Bertz CT molecular complexity index is 632. The van der Waals surface area contributed by atoms with Gasteiger partial charge < -0.3 is 14.6 Å². The van der Waals surface area contributed by atoms with Gasteiger partial charge in [0.25, 0.3) is 0 Å². The van der Waals surface area contributed by atoms with Crippen LogP contribution in [0.5, 0.6) is 11.5 Å². The van der Waals surface area contributed by atoms with Gasteiger partial charge in [0.1, 0.15) is 11.9 Å². The second-order valence-electron chi connectivity index (χ2n) is 5.03. The SMILES string of the molecule is COc1cc(C)c(C(O)c2cc(C)cc(F)c2)cc1OC. The van der Waals surface area contributed by atoms with E-state index in [1.165, 1.54) is 19.2 Å². The van der Waals surface area contributed by atoms with Crippen LogP contribution in [-0.2, 0) is 0 Å². The fraction of sp³-hybridized carbons (Fsp3) is 0.294. The molecule has 0 amide bonds. The van der Waals surface area contributed by atoms with Crippen LogP contribution in [0.1, 0.15) is 28.4 Å². The van der Waals surface area contributed by atoms with Crippen molar-refractivity contribution in [1.82, 2.24) is 0 Å². The van der Waals surface area contributed by atoms with Gasteiger partial charge in [-0.2, -0.15) is 0 Å². The van der Waals surface area contributed by atoms with Gasteiger partial charge in [-0.25, -0.2) is 4.39 Å². The molecule has 1 N–H and O–H groups in total. The third-order valence-corrected chi connectivity index (χ3v) is 3.45. The molecule has 0 fully saturated rings. The maximum Gasteiger partial charge on any atom is 0.161 e. The number of methoxy groups -OCH3 is 2. The lowest BCUT2D eigenvalue weighted by Crippen LogP contribution is -2.04. The van der Waals surface area contributed by atoms with Crippen LogP contribution < -0.4 is 9.47 Å². The van der Waals surface area contributed by atoms with E-state index < -0.39 is 6.10 Å². The fourth-order valence-electron chi connectivity index (χ4n) is 2.39. The third kappa shape index (κ3) is 3.16. The first kappa shape index (κ1) is 15.3. The molecule has 2 aromatic rings. The lowest BCUT2D eigenvalue weighted by Gasteiger charge is -2.18. The van der Waals surface area contributed by atoms with Gasteiger partial charge in [0.15, 0.2) is 11.5 Å². The largest absolute Gasteiger partial charge is 0.493 e. The molecule has 112 valence electrons. The number of aliphatic hydroxyl groups is 1. The predicted octanol–water partition coefficient (Wildman–Crippen LogP) is 3.54. The van der Waals surface area contributed by atoms with Crippen LogP contribution >= 0.6 is 0 Å². The van der Waals surface area contributed by atoms with Crippen LogP contribution in [0, 0.1) is 19.7 Å². The molecule has 0 aliphatic rings. The Morgan fingerprint density at radius 3 is 2.14 bits per heavy atom. The van der Waals surface area contributed by atoms with Gasteiger partial charge in [-0.1, -0.05) is 6.07 Å². The molecule has 0 aliphatic carbocycles. The van der Waals surface area contributed by atoms with Crippen LogP contribution in [0.15, 0.2) is 30.3 Å². The normalized spacial score (nSPS) is 12.1. The van der Waals surface area contributed by atoms with Gasteiger partial charge in [-0.05, 0) is 60.4 Å². The molecular formula is C17H19FO3. The van der Waals surface area contributed by atoms with Crippen molar-refractivity contribution in [3.8, 4) is 11.5 Å². The number of aliphatic hydroxyl groups excluding tert-OH is 1. The van der Waals surface area contributed by atoms with Crippen LogP contribution in [0.3, 0.4) is 0 Å². The Morgan fingerprint density at radius 2 is 1.57 bits per heavy atom. The van der Waals surface area contributed by atoms with Crippen molar-refractivity contribution in [1.29, 1.82) is 0 Å². The van der Waals surface area contributed by atoms with Crippen molar-refractivity contribution in [2.24, 2.45) is 0 Å². The van der Waals surface area contributed by atoms with E-state index in [1.54, 1.807) is 32.2 Å². The topological polar surface area (TPSA) is 38.7 Å². The third-order valence-electron chi connectivity index (χ3n) is 3.45. The first-order chi connectivity index (χ1) is 9.96. The number of halogens is 1. The first-order valence-electron chi connectivity index (χ1n) is 6.64. The van der Waals surface area contributed by atoms with Gasteiger partial charge >= 0.3 is 0 Å². The predicted molar refractivity (Wildman–Crippen MR) is 79.5 cm³/mol. The summed E-state index contributed by atoms with van der Waals surface area (Å²) in [6, 6.07) is 8.05. The first-order valence-corrected chi connectivity index (χ1v) is 6.64. The fourth-order valence-corrected chi connectivity index (χ4v) is 2.39. The summed E-state index contributed by atoms with van der Waals surface area (Å²) in [6.07, 6.45) is -0.917. The molecule has 1 atom stereocenters. The zero-order valence-corrected chi connectivity index (χ0v) is 12.6. The van der Waals surface area contributed by atoms with Crippen molar-refractivity contribution >= 4 is 0 Å². The molecule has 0 aliphatic heterocycles. The lowest BCUT2D eigenvalue weighted by atomic mass is 9.96. The Morgan fingerprint density at radius 1 is 0.952 bits per heavy atom. The number of benzene rings is 2. The summed E-state index contributed by atoms with van der Waals surface area (Å²) in [4.78, 5) is 0. The molecule has 4 heteroatoms. The molecule has 2 aromatic carbocycles. The standard InChI is InChI=1S/C17H19FO3/c1-10-5-12(8-13(18)6-10)17(19)14-9-16(21-4)15(20-3)7-11(14)2/h5-9,17,19H,1-4H3. The lowest BCUT2D eigenvalue weighted by molar-refractivity contribution is 0.218. The summed E-state index contributed by atoms with van der Waals surface area (Å²) in [5, 5.41) is 10.5. The Hall–Kier alpha value is -2.07. The molecule has 2 rings (SSSR count). The molecule has 1 unspecified atom stereocenters. The average molecular weight is 290 g/mol. The summed E-state index contributed by atoms with van der Waals surface area (Å²) in [5.74, 6) is 0.772. The van der Waals surface area contributed by atoms with E-state index >= 15 is 0 Å². The zero-order chi connectivity index (χ0) is 15.6. The molecule has 0 bridgehead atoms. The summed E-state index contributed by atoms with van der Waals surface area (Å²) in [7, 11) is 3.10. The minimum Gasteiger partial charge on any atom is -0.493 e. The highest BCUT2D eigenvalue weighted by Crippen LogP contribution is 2.35. The molecule has 21 heavy (non-hydrogen) atoms. The van der Waals surface area contributed by atoms with Crippen molar-refractivity contribution < 1.29 is 19.0 Å². The van der Waals surface area contributed by atoms with E-state index in [-0.39, 0.29) is 5.82 Å². The highest BCUT2D eigenvalue weighted by Gasteiger charge is 2.17. The second-order valence-corrected chi connectivity index (χ2v) is 5.03. The molecule has 3 nitrogen and oxygen atoms in total. The Kier molecular flexibility index (Phi) is 4.48. The molecule has 0 aromatic heterocycles. The summed E-state index contributed by atoms with van der Waals surface area (Å²) in [5.41, 5.74) is 2.80. The van der Waals surface area contributed by atoms with Crippen molar-refractivity contribution in [2.45, 2.75) is 20.0 Å². The average Bonchev–Trinajstić information content (AvgIpc) is 2.45. The van der Waals surface area contributed by atoms with Gasteiger partial charge in [-0.3, -0.25) is 0 Å². The maximum atomic E-state index is 13.5. The smallest absolute Gasteiger partial charge is 0.161 e. The number of ether oxygens (including phenoxy) is 2. The molecule has 0 radical (unpaired) electrons. The van der Waals surface area contributed by atoms with Crippen LogP contribution in [0.4, 0.5) is 4.39 Å². The summed E-state index contributed by atoms with van der Waals surface area (Å²) >= 11 is 0. The highest BCUT2D eigenvalue weighted by atomic mass is 19.1. The van der Waals surface area contributed by atoms with Gasteiger partial charge in [-0.15, -0.1) is 0 Å². The monoisotopic (exact) mass is 290 g/mol. The van der Waals surface area contributed by atoms with E-state index in [0.717, 1.165) is 11.1 Å². The van der Waals surface area contributed by atoms with E-state index in [4.69, 9.17) is 9.47 Å². The summed E-state index contributed by atoms with van der Waals surface area (Å²) < 4.78 is 24.0. The quantitative estimate of drug-likeness (QED) is 0.936. The number of aryl methyl sites for hydroxylation is 2. The number of rotatable bonds is 4. The van der Waals surface area contributed by atoms with Crippen LogP contribution in [-0.4, -0.2) is 19.3 Å². The van der Waals surface area contributed by atoms with Crippen molar-refractivity contribution in [3.05, 3.63) is 58.4 Å². The molecule has 0 heterocycles. The van der Waals surface area contributed by atoms with E-state index in [0.29, 0.717) is 22.6 Å². The Labute approximate surface area is 124 Å². The van der Waals surface area contributed by atoms with Gasteiger partial charge in [0.05, 0.1) is 14.2 Å². The minimum absolute atomic E-state index is 0.359. The Balaban J connectivity index is 2.49. The molecule has 0 saturated carbocycles. The second kappa shape index (κ2) is 6.14. The number of hydrogen-bond acceptors (Lipinski definition) is 3. The van der Waals surface area contributed by atoms with Crippen molar-refractivity contribution in [2.75, 3.05) is 14.2 Å². The maximum absolute atomic E-state index is 13.5. The summed E-state index contributed by atoms with van der Waals surface area (Å²) in [6.45, 7) is 3.66. The minimum atomic E-state index is -0.917. The number of hydrogen-bond donors (Lipinski definition) is 1. The van der Waals surface area contributed by atoms with Crippen molar-refractivity contribution in [3.63, 3.8) is 0 Å². The van der Waals surface area contributed by atoms with E-state index in [1.807, 2.05) is 6.92 Å². The zero-order valence-electron chi connectivity index (χ0n) is 12.6. The van der Waals surface area contributed by atoms with E-state index in [9.17, 15) is 9.50 Å². The molecule has 0 spiro atoms.